The highest BCUT2D eigenvalue weighted by Crippen LogP contribution is 2.35. The van der Waals surface area contributed by atoms with Crippen LogP contribution in [0.5, 0.6) is 0 Å². The summed E-state index contributed by atoms with van der Waals surface area (Å²) in [4.78, 5) is 8.47. The van der Waals surface area contributed by atoms with Crippen molar-refractivity contribution in [2.45, 2.75) is 9.92 Å². The summed E-state index contributed by atoms with van der Waals surface area (Å²) >= 11 is 6.00. The van der Waals surface area contributed by atoms with E-state index in [2.05, 4.69) is 9.88 Å². The largest absolute Gasteiger partial charge is 0.419 e. The first-order valence-corrected chi connectivity index (χ1v) is 12.6. The average molecular weight is 498 g/mol. The molecule has 1 aliphatic rings. The summed E-state index contributed by atoms with van der Waals surface area (Å²) < 4.78 is 46.5. The molecule has 1 saturated heterocycles. The van der Waals surface area contributed by atoms with E-state index in [1.165, 1.54) is 12.1 Å². The number of aromatic nitrogens is 1. The average Bonchev–Trinajstić information content (AvgIpc) is 3.32. The Morgan fingerprint density at radius 2 is 1.44 bits per heavy atom. The van der Waals surface area contributed by atoms with Gasteiger partial charge in [-0.15, -0.1) is 0 Å². The molecule has 4 aromatic rings. The van der Waals surface area contributed by atoms with Gasteiger partial charge in [-0.2, -0.15) is 4.98 Å². The molecule has 0 amide bonds. The van der Waals surface area contributed by atoms with Gasteiger partial charge in [0.1, 0.15) is 5.82 Å². The predicted molar refractivity (Wildman–Crippen MR) is 130 cm³/mol. The van der Waals surface area contributed by atoms with Gasteiger partial charge in [0.25, 0.3) is 0 Å². The topological polar surface area (TPSA) is 66.7 Å². The Bertz CT molecular complexity index is 1380. The maximum absolute atomic E-state index is 13.5. The van der Waals surface area contributed by atoms with Crippen molar-refractivity contribution >= 4 is 33.0 Å². The molecule has 34 heavy (non-hydrogen) atoms. The van der Waals surface area contributed by atoms with Crippen LogP contribution in [0.1, 0.15) is 0 Å². The summed E-state index contributed by atoms with van der Waals surface area (Å²) in [5, 5.41) is 0.365. The van der Waals surface area contributed by atoms with E-state index in [1.807, 2.05) is 35.2 Å². The van der Waals surface area contributed by atoms with Gasteiger partial charge in [-0.05, 0) is 60.7 Å². The van der Waals surface area contributed by atoms with Gasteiger partial charge in [-0.25, -0.2) is 12.8 Å². The van der Waals surface area contributed by atoms with Crippen LogP contribution < -0.4 is 9.80 Å². The highest BCUT2D eigenvalue weighted by Gasteiger charge is 2.33. The first-order chi connectivity index (χ1) is 16.4. The zero-order valence-electron chi connectivity index (χ0n) is 18.1. The number of anilines is 2. The molecule has 0 radical (unpaired) electrons. The lowest BCUT2D eigenvalue weighted by atomic mass is 10.2. The molecular formula is C25H21ClFN3O3S. The summed E-state index contributed by atoms with van der Waals surface area (Å²) in [6, 6.07) is 21.6. The molecule has 0 atom stereocenters. The highest BCUT2D eigenvalue weighted by molar-refractivity contribution is 7.91. The van der Waals surface area contributed by atoms with Crippen molar-refractivity contribution in [3.8, 4) is 11.5 Å². The van der Waals surface area contributed by atoms with Gasteiger partial charge in [0.05, 0.1) is 4.90 Å². The van der Waals surface area contributed by atoms with Crippen molar-refractivity contribution in [3.05, 3.63) is 89.7 Å². The van der Waals surface area contributed by atoms with Crippen molar-refractivity contribution < 1.29 is 17.2 Å². The fourth-order valence-electron chi connectivity index (χ4n) is 3.92. The number of sulfone groups is 1. The van der Waals surface area contributed by atoms with Crippen LogP contribution in [0.15, 0.2) is 93.2 Å². The van der Waals surface area contributed by atoms with E-state index >= 15 is 0 Å². The second-order valence-corrected chi connectivity index (χ2v) is 10.2. The number of rotatable bonds is 5. The second kappa shape index (κ2) is 9.12. The third-order valence-electron chi connectivity index (χ3n) is 5.74. The van der Waals surface area contributed by atoms with E-state index in [1.54, 1.807) is 24.3 Å². The molecule has 5 rings (SSSR count). The minimum atomic E-state index is -4.05. The van der Waals surface area contributed by atoms with Crippen LogP contribution in [-0.4, -0.2) is 39.6 Å². The molecule has 3 aromatic carbocycles. The number of halogens is 2. The Hall–Kier alpha value is -3.36. The first-order valence-electron chi connectivity index (χ1n) is 10.7. The molecule has 0 spiro atoms. The predicted octanol–water partition coefficient (Wildman–Crippen LogP) is 5.29. The van der Waals surface area contributed by atoms with Gasteiger partial charge in [0, 0.05) is 42.5 Å². The van der Waals surface area contributed by atoms with Crippen molar-refractivity contribution in [3.63, 3.8) is 0 Å². The van der Waals surface area contributed by atoms with Crippen LogP contribution >= 0.6 is 11.6 Å². The Morgan fingerprint density at radius 3 is 2.09 bits per heavy atom. The van der Waals surface area contributed by atoms with Crippen molar-refractivity contribution in [1.82, 2.24) is 4.98 Å². The first kappa shape index (κ1) is 22.4. The molecule has 0 unspecified atom stereocenters. The molecule has 0 aliphatic carbocycles. The van der Waals surface area contributed by atoms with Crippen molar-refractivity contribution in [1.29, 1.82) is 0 Å². The van der Waals surface area contributed by atoms with Crippen LogP contribution in [0.3, 0.4) is 0 Å². The fraction of sp³-hybridized carbons (Fsp3) is 0.160. The van der Waals surface area contributed by atoms with Crippen LogP contribution in [0.2, 0.25) is 5.02 Å². The lowest BCUT2D eigenvalue weighted by molar-refractivity contribution is 0.525. The smallest absolute Gasteiger partial charge is 0.236 e. The Balaban J connectivity index is 1.52. The second-order valence-electron chi connectivity index (χ2n) is 7.90. The van der Waals surface area contributed by atoms with Crippen molar-refractivity contribution in [2.24, 2.45) is 0 Å². The number of benzene rings is 3. The maximum Gasteiger partial charge on any atom is 0.236 e. The van der Waals surface area contributed by atoms with Gasteiger partial charge in [0.2, 0.25) is 26.6 Å². The van der Waals surface area contributed by atoms with Crippen LogP contribution in [-0.2, 0) is 9.84 Å². The van der Waals surface area contributed by atoms with Crippen LogP contribution in [0.4, 0.5) is 16.0 Å². The molecule has 1 aromatic heterocycles. The summed E-state index contributed by atoms with van der Waals surface area (Å²) in [5.41, 5.74) is 1.72. The van der Waals surface area contributed by atoms with E-state index in [0.29, 0.717) is 36.8 Å². The Kier molecular flexibility index (Phi) is 6.02. The minimum Gasteiger partial charge on any atom is -0.419 e. The summed E-state index contributed by atoms with van der Waals surface area (Å²) in [6.07, 6.45) is 0. The zero-order chi connectivity index (χ0) is 23.7. The molecule has 0 N–H and O–H groups in total. The lowest BCUT2D eigenvalue weighted by Gasteiger charge is -2.36. The number of piperazine rings is 1. The normalized spacial score (nSPS) is 14.4. The van der Waals surface area contributed by atoms with Crippen molar-refractivity contribution in [2.75, 3.05) is 36.0 Å². The molecule has 0 bridgehead atoms. The number of para-hydroxylation sites is 1. The molecule has 1 aliphatic heterocycles. The van der Waals surface area contributed by atoms with Gasteiger partial charge >= 0.3 is 0 Å². The van der Waals surface area contributed by atoms with E-state index in [4.69, 9.17) is 16.0 Å². The standard InChI is InChI=1S/C25H21ClFN3O3S/c26-19-8-6-18(7-9-19)23-28-24(34(31,32)22-12-10-20(27)11-13-22)25(33-23)30-16-14-29(15-17-30)21-4-2-1-3-5-21/h1-13H,14-17H2. The molecule has 174 valence electrons. The lowest BCUT2D eigenvalue weighted by Crippen LogP contribution is -2.46. The molecular weight excluding hydrogens is 477 g/mol. The third-order valence-corrected chi connectivity index (χ3v) is 7.66. The molecule has 9 heteroatoms. The number of hydrogen-bond acceptors (Lipinski definition) is 6. The summed E-state index contributed by atoms with van der Waals surface area (Å²) in [7, 11) is -4.05. The SMILES string of the molecule is O=S(=O)(c1ccc(F)cc1)c1nc(-c2ccc(Cl)cc2)oc1N1CCN(c2ccccc2)CC1. The molecule has 6 nitrogen and oxygen atoms in total. The number of nitrogens with zero attached hydrogens (tertiary/aromatic N) is 3. The fourth-order valence-corrected chi connectivity index (χ4v) is 5.37. The van der Waals surface area contributed by atoms with E-state index in [0.717, 1.165) is 17.8 Å². The maximum atomic E-state index is 13.5. The number of oxazole rings is 1. The summed E-state index contributed by atoms with van der Waals surface area (Å²) in [5.74, 6) is -0.155. The van der Waals surface area contributed by atoms with Gasteiger partial charge in [0.15, 0.2) is 0 Å². The quantitative estimate of drug-likeness (QED) is 0.349. The summed E-state index contributed by atoms with van der Waals surface area (Å²) in [6.45, 7) is 2.49. The van der Waals surface area contributed by atoms with Crippen LogP contribution in [0, 0.1) is 5.82 Å². The van der Waals surface area contributed by atoms with Gasteiger partial charge in [-0.3, -0.25) is 0 Å². The van der Waals surface area contributed by atoms with E-state index < -0.39 is 15.7 Å². The monoisotopic (exact) mass is 497 g/mol. The number of hydrogen-bond donors (Lipinski definition) is 0. The third kappa shape index (κ3) is 4.38. The zero-order valence-corrected chi connectivity index (χ0v) is 19.6. The van der Waals surface area contributed by atoms with E-state index in [-0.39, 0.29) is 21.7 Å². The van der Waals surface area contributed by atoms with Gasteiger partial charge in [-0.1, -0.05) is 29.8 Å². The highest BCUT2D eigenvalue weighted by atomic mass is 35.5. The Labute approximate surface area is 202 Å². The molecule has 2 heterocycles. The van der Waals surface area contributed by atoms with E-state index in [9.17, 15) is 12.8 Å². The van der Waals surface area contributed by atoms with Crippen LogP contribution in [0.25, 0.3) is 11.5 Å². The Morgan fingerprint density at radius 1 is 0.824 bits per heavy atom. The minimum absolute atomic E-state index is 0.0472. The molecule has 1 fully saturated rings. The molecule has 0 saturated carbocycles. The van der Waals surface area contributed by atoms with Gasteiger partial charge < -0.3 is 14.2 Å².